The molecule has 3 aromatic rings. The molecule has 190 valence electrons. The largest absolute Gasteiger partial charge is 0.351 e. The van der Waals surface area contributed by atoms with E-state index < -0.39 is 40.7 Å². The minimum atomic E-state index is -0.960. The van der Waals surface area contributed by atoms with Crippen LogP contribution in [0.25, 0.3) is 6.08 Å². The molecule has 0 unspecified atom stereocenters. The lowest BCUT2D eigenvalue weighted by atomic mass is 9.88. The highest BCUT2D eigenvalue weighted by atomic mass is 16.6. The number of carbonyl (C=O) groups is 3. The summed E-state index contributed by atoms with van der Waals surface area (Å²) in [4.78, 5) is 55.3. The molecule has 2 fully saturated rings. The van der Waals surface area contributed by atoms with Crippen LogP contribution in [0.4, 0.5) is 22.7 Å². The van der Waals surface area contributed by atoms with Crippen LogP contribution in [0.5, 0.6) is 0 Å². The van der Waals surface area contributed by atoms with E-state index in [4.69, 9.17) is 0 Å². The molecule has 4 atom stereocenters. The second-order valence-electron chi connectivity index (χ2n) is 9.91. The Bertz CT molecular complexity index is 1550. The van der Waals surface area contributed by atoms with E-state index in [-0.39, 0.29) is 11.6 Å². The van der Waals surface area contributed by atoms with Gasteiger partial charge < -0.3 is 10.2 Å². The number of hydrogen-bond acceptors (Lipinski definition) is 6. The SMILES string of the molecule is Cc1ccc(N2C(=O)[C@@H]3[C@H](C2=O)[C@H](C(=O)Nc2ccc([N+](=O)[O-])cc2)N2c4ccccc4C=C[C@H]32)c(C)c1. The van der Waals surface area contributed by atoms with Crippen molar-refractivity contribution in [3.05, 3.63) is 99.6 Å². The minimum absolute atomic E-state index is 0.0974. The average Bonchev–Trinajstić information content (AvgIpc) is 3.37. The van der Waals surface area contributed by atoms with Crippen LogP contribution < -0.4 is 15.1 Å². The van der Waals surface area contributed by atoms with Gasteiger partial charge in [-0.3, -0.25) is 24.5 Å². The van der Waals surface area contributed by atoms with E-state index in [1.54, 1.807) is 6.07 Å². The number of benzene rings is 3. The molecule has 0 bridgehead atoms. The van der Waals surface area contributed by atoms with Crippen LogP contribution in [-0.2, 0) is 14.4 Å². The highest BCUT2D eigenvalue weighted by Gasteiger charge is 2.64. The van der Waals surface area contributed by atoms with Crippen molar-refractivity contribution in [2.45, 2.75) is 25.9 Å². The fourth-order valence-electron chi connectivity index (χ4n) is 5.99. The number of carbonyl (C=O) groups excluding carboxylic acids is 3. The van der Waals surface area contributed by atoms with Gasteiger partial charge in [0.25, 0.3) is 5.69 Å². The maximum absolute atomic E-state index is 14.0. The summed E-state index contributed by atoms with van der Waals surface area (Å²) in [6, 6.07) is 17.2. The zero-order valence-electron chi connectivity index (χ0n) is 20.7. The smallest absolute Gasteiger partial charge is 0.269 e. The number of fused-ring (bicyclic) bond motifs is 5. The Morgan fingerprint density at radius 3 is 2.34 bits per heavy atom. The summed E-state index contributed by atoms with van der Waals surface area (Å²) in [7, 11) is 0. The number of nitro groups is 1. The third-order valence-corrected chi connectivity index (χ3v) is 7.62. The number of non-ortho nitro benzene ring substituents is 1. The number of amides is 3. The number of rotatable bonds is 4. The Morgan fingerprint density at radius 2 is 1.63 bits per heavy atom. The van der Waals surface area contributed by atoms with Gasteiger partial charge in [-0.05, 0) is 49.2 Å². The third-order valence-electron chi connectivity index (χ3n) is 7.62. The molecule has 0 radical (unpaired) electrons. The monoisotopic (exact) mass is 508 g/mol. The van der Waals surface area contributed by atoms with Crippen LogP contribution in [0.3, 0.4) is 0 Å². The van der Waals surface area contributed by atoms with Crippen LogP contribution >= 0.6 is 0 Å². The van der Waals surface area contributed by atoms with E-state index in [0.29, 0.717) is 11.4 Å². The highest BCUT2D eigenvalue weighted by Crippen LogP contribution is 2.49. The first-order valence-electron chi connectivity index (χ1n) is 12.3. The topological polar surface area (TPSA) is 113 Å². The van der Waals surface area contributed by atoms with Gasteiger partial charge in [-0.15, -0.1) is 0 Å². The maximum Gasteiger partial charge on any atom is 0.269 e. The molecular formula is C29H24N4O5. The lowest BCUT2D eigenvalue weighted by Crippen LogP contribution is -2.50. The molecule has 0 spiro atoms. The standard InChI is InChI=1S/C29H24N4O5/c1-16-7-13-21(17(2)15-16)32-28(35)24-23-14-8-18-5-3-4-6-22(18)31(23)26(25(24)29(32)36)27(34)30-19-9-11-20(12-10-19)33(37)38/h3-15,23-26H,1-2H3,(H,30,34)/t23-,24+,25+,26-/m1/s1. The molecule has 3 aromatic carbocycles. The van der Waals surface area contributed by atoms with Crippen molar-refractivity contribution in [1.29, 1.82) is 0 Å². The van der Waals surface area contributed by atoms with Gasteiger partial charge in [-0.25, -0.2) is 4.90 Å². The third kappa shape index (κ3) is 3.50. The first kappa shape index (κ1) is 23.6. The van der Waals surface area contributed by atoms with Crippen molar-refractivity contribution < 1.29 is 19.3 Å². The Morgan fingerprint density at radius 1 is 0.921 bits per heavy atom. The lowest BCUT2D eigenvalue weighted by molar-refractivity contribution is -0.384. The number of nitrogens with one attached hydrogen (secondary N) is 1. The van der Waals surface area contributed by atoms with Gasteiger partial charge in [0.05, 0.1) is 28.5 Å². The van der Waals surface area contributed by atoms with E-state index in [1.807, 2.05) is 67.3 Å². The minimum Gasteiger partial charge on any atom is -0.351 e. The number of hydrogen-bond donors (Lipinski definition) is 1. The van der Waals surface area contributed by atoms with Crippen LogP contribution in [0.15, 0.2) is 72.8 Å². The van der Waals surface area contributed by atoms with E-state index in [1.165, 1.54) is 29.2 Å². The molecule has 0 aromatic heterocycles. The Labute approximate surface area is 218 Å². The summed E-state index contributed by atoms with van der Waals surface area (Å²) in [6.45, 7) is 3.80. The van der Waals surface area contributed by atoms with Gasteiger partial charge in [0.2, 0.25) is 17.7 Å². The molecule has 9 heteroatoms. The molecule has 1 N–H and O–H groups in total. The van der Waals surface area contributed by atoms with Gasteiger partial charge in [0.15, 0.2) is 0 Å². The van der Waals surface area contributed by atoms with Gasteiger partial charge in [0, 0.05) is 23.5 Å². The predicted octanol–water partition coefficient (Wildman–Crippen LogP) is 4.24. The first-order valence-corrected chi connectivity index (χ1v) is 12.3. The molecule has 2 saturated heterocycles. The van der Waals surface area contributed by atoms with Crippen molar-refractivity contribution in [1.82, 2.24) is 0 Å². The van der Waals surface area contributed by atoms with Crippen molar-refractivity contribution >= 4 is 46.5 Å². The normalized spacial score (nSPS) is 23.2. The molecule has 3 aliphatic heterocycles. The van der Waals surface area contributed by atoms with Crippen molar-refractivity contribution in [3.63, 3.8) is 0 Å². The Hall–Kier alpha value is -4.79. The Balaban J connectivity index is 1.42. The van der Waals surface area contributed by atoms with E-state index in [0.717, 1.165) is 22.4 Å². The average molecular weight is 509 g/mol. The van der Waals surface area contributed by atoms with Gasteiger partial charge >= 0.3 is 0 Å². The van der Waals surface area contributed by atoms with Gasteiger partial charge in [-0.1, -0.05) is 48.0 Å². The zero-order valence-corrected chi connectivity index (χ0v) is 20.7. The summed E-state index contributed by atoms with van der Waals surface area (Å²) in [5, 5.41) is 13.9. The predicted molar refractivity (Wildman–Crippen MR) is 143 cm³/mol. The molecule has 0 saturated carbocycles. The molecule has 3 amide bonds. The molecule has 3 aliphatic rings. The van der Waals surface area contributed by atoms with E-state index >= 15 is 0 Å². The number of para-hydroxylation sites is 1. The molecular weight excluding hydrogens is 484 g/mol. The van der Waals surface area contributed by atoms with Crippen molar-refractivity contribution in [2.75, 3.05) is 15.1 Å². The number of imide groups is 1. The molecule has 38 heavy (non-hydrogen) atoms. The number of aryl methyl sites for hydroxylation is 2. The zero-order chi connectivity index (χ0) is 26.7. The van der Waals surface area contributed by atoms with Crippen LogP contribution in [0.1, 0.15) is 16.7 Å². The maximum atomic E-state index is 14.0. The summed E-state index contributed by atoms with van der Waals surface area (Å²) in [5.41, 5.74) is 4.29. The summed E-state index contributed by atoms with van der Waals surface area (Å²) in [6.07, 6.45) is 3.83. The fraction of sp³-hybridized carbons (Fsp3) is 0.207. The van der Waals surface area contributed by atoms with E-state index in [2.05, 4.69) is 5.32 Å². The highest BCUT2D eigenvalue weighted by molar-refractivity contribution is 6.25. The molecule has 3 heterocycles. The molecule has 6 rings (SSSR count). The molecule has 0 aliphatic carbocycles. The number of anilines is 3. The number of nitrogens with zero attached hydrogens (tertiary/aromatic N) is 3. The van der Waals surface area contributed by atoms with Crippen LogP contribution in [0, 0.1) is 35.8 Å². The second kappa shape index (κ2) is 8.65. The van der Waals surface area contributed by atoms with Gasteiger partial charge in [0.1, 0.15) is 6.04 Å². The number of nitro benzene ring substituents is 1. The summed E-state index contributed by atoms with van der Waals surface area (Å²) < 4.78 is 0. The van der Waals surface area contributed by atoms with E-state index in [9.17, 15) is 24.5 Å². The fourth-order valence-corrected chi connectivity index (χ4v) is 5.99. The summed E-state index contributed by atoms with van der Waals surface area (Å²) >= 11 is 0. The van der Waals surface area contributed by atoms with Gasteiger partial charge in [-0.2, -0.15) is 0 Å². The van der Waals surface area contributed by atoms with Crippen LogP contribution in [-0.4, -0.2) is 34.7 Å². The quantitative estimate of drug-likeness (QED) is 0.320. The van der Waals surface area contributed by atoms with Crippen LogP contribution in [0.2, 0.25) is 0 Å². The Kier molecular flexibility index (Phi) is 5.37. The lowest BCUT2D eigenvalue weighted by Gasteiger charge is -2.36. The second-order valence-corrected chi connectivity index (χ2v) is 9.91. The first-order chi connectivity index (χ1) is 18.3. The van der Waals surface area contributed by atoms with Crippen molar-refractivity contribution in [2.24, 2.45) is 11.8 Å². The summed E-state index contributed by atoms with van der Waals surface area (Å²) in [5.74, 6) is -2.82. The van der Waals surface area contributed by atoms with Crippen molar-refractivity contribution in [3.8, 4) is 0 Å². The molecule has 9 nitrogen and oxygen atoms in total.